The van der Waals surface area contributed by atoms with Gasteiger partial charge in [0.15, 0.2) is 0 Å². The van der Waals surface area contributed by atoms with E-state index < -0.39 is 0 Å². The molecule has 0 bridgehead atoms. The topological polar surface area (TPSA) is 53.6 Å². The van der Waals surface area contributed by atoms with Crippen molar-refractivity contribution in [3.05, 3.63) is 0 Å². The average molecular weight is 269 g/mol. The quantitative estimate of drug-likeness (QED) is 0.758. The first-order chi connectivity index (χ1) is 8.99. The normalized spacial score (nSPS) is 29.4. The van der Waals surface area contributed by atoms with Crippen LogP contribution >= 0.6 is 0 Å². The average Bonchev–Trinajstić information content (AvgIpc) is 2.85. The summed E-state index contributed by atoms with van der Waals surface area (Å²) in [5.74, 6) is 0.676. The van der Waals surface area contributed by atoms with E-state index in [1.54, 1.807) is 0 Å². The van der Waals surface area contributed by atoms with Gasteiger partial charge < -0.3 is 20.3 Å². The lowest BCUT2D eigenvalue weighted by atomic mass is 9.78. The number of hydrogen-bond acceptors (Lipinski definition) is 4. The second-order valence-corrected chi connectivity index (χ2v) is 6.52. The van der Waals surface area contributed by atoms with Crippen molar-refractivity contribution < 1.29 is 9.53 Å². The summed E-state index contributed by atoms with van der Waals surface area (Å²) in [5.41, 5.74) is 0.141. The van der Waals surface area contributed by atoms with Crippen LogP contribution in [0.1, 0.15) is 20.3 Å². The van der Waals surface area contributed by atoms with Crippen LogP contribution in [0, 0.1) is 11.3 Å². The van der Waals surface area contributed by atoms with Crippen LogP contribution in [0.3, 0.4) is 0 Å². The van der Waals surface area contributed by atoms with Crippen molar-refractivity contribution in [2.45, 2.75) is 26.4 Å². The van der Waals surface area contributed by atoms with Gasteiger partial charge in [0.2, 0.25) is 5.91 Å². The summed E-state index contributed by atoms with van der Waals surface area (Å²) in [6.45, 7) is 9.59. The molecule has 2 atom stereocenters. The summed E-state index contributed by atoms with van der Waals surface area (Å²) in [7, 11) is 2.16. The van der Waals surface area contributed by atoms with Gasteiger partial charge in [0.1, 0.15) is 6.10 Å². The second kappa shape index (κ2) is 6.20. The van der Waals surface area contributed by atoms with Gasteiger partial charge in [0.25, 0.3) is 0 Å². The predicted octanol–water partition coefficient (Wildman–Crippen LogP) is 0.0689. The van der Waals surface area contributed by atoms with Crippen LogP contribution in [-0.4, -0.2) is 63.3 Å². The molecule has 0 saturated carbocycles. The fraction of sp³-hybridized carbons (Fsp3) is 0.929. The first-order valence-electron chi connectivity index (χ1n) is 7.27. The van der Waals surface area contributed by atoms with Crippen molar-refractivity contribution in [2.75, 3.05) is 46.4 Å². The highest BCUT2D eigenvalue weighted by Gasteiger charge is 2.34. The molecule has 19 heavy (non-hydrogen) atoms. The number of nitrogens with zero attached hydrogens (tertiary/aromatic N) is 1. The molecule has 5 nitrogen and oxygen atoms in total. The highest BCUT2D eigenvalue weighted by Crippen LogP contribution is 2.33. The predicted molar refractivity (Wildman–Crippen MR) is 75.0 cm³/mol. The molecule has 0 aromatic heterocycles. The Morgan fingerprint density at radius 1 is 1.53 bits per heavy atom. The molecule has 2 N–H and O–H groups in total. The van der Waals surface area contributed by atoms with Gasteiger partial charge in [-0.25, -0.2) is 0 Å². The van der Waals surface area contributed by atoms with E-state index in [2.05, 4.69) is 36.4 Å². The molecule has 1 amide bonds. The third-order valence-electron chi connectivity index (χ3n) is 4.43. The highest BCUT2D eigenvalue weighted by molar-refractivity contribution is 5.81. The van der Waals surface area contributed by atoms with Crippen molar-refractivity contribution >= 4 is 5.91 Å². The van der Waals surface area contributed by atoms with E-state index in [4.69, 9.17) is 4.74 Å². The van der Waals surface area contributed by atoms with Gasteiger partial charge in [-0.3, -0.25) is 4.79 Å². The maximum Gasteiger partial charge on any atom is 0.250 e. The van der Waals surface area contributed by atoms with E-state index in [0.717, 1.165) is 26.2 Å². The molecule has 110 valence electrons. The Kier molecular flexibility index (Phi) is 4.81. The third-order valence-corrected chi connectivity index (χ3v) is 4.43. The van der Waals surface area contributed by atoms with E-state index in [0.29, 0.717) is 19.1 Å². The molecule has 0 aromatic rings. The lowest BCUT2D eigenvalue weighted by Crippen LogP contribution is -2.50. The summed E-state index contributed by atoms with van der Waals surface area (Å²) < 4.78 is 5.46. The SMILES string of the molecule is CN1CCC(C(C)(C)CNC(=O)C2CNCCO2)C1. The molecule has 2 unspecified atom stereocenters. The first kappa shape index (κ1) is 14.8. The summed E-state index contributed by atoms with van der Waals surface area (Å²) in [5, 5.41) is 6.24. The number of morpholine rings is 1. The molecule has 2 heterocycles. The Balaban J connectivity index is 1.78. The van der Waals surface area contributed by atoms with Gasteiger partial charge in [0, 0.05) is 26.2 Å². The summed E-state index contributed by atoms with van der Waals surface area (Å²) >= 11 is 0. The van der Waals surface area contributed by atoms with Crippen molar-refractivity contribution in [3.8, 4) is 0 Å². The standard InChI is InChI=1S/C14H27N3O2/c1-14(2,11-4-6-17(3)9-11)10-16-13(18)12-8-15-5-7-19-12/h11-12,15H,4-10H2,1-3H3,(H,16,18). The van der Waals surface area contributed by atoms with E-state index in [1.165, 1.54) is 6.42 Å². The molecule has 0 aliphatic carbocycles. The second-order valence-electron chi connectivity index (χ2n) is 6.52. The molecule has 0 radical (unpaired) electrons. The van der Waals surface area contributed by atoms with E-state index in [1.807, 2.05) is 0 Å². The molecule has 0 aromatic carbocycles. The molecule has 2 rings (SSSR count). The maximum atomic E-state index is 12.0. The lowest BCUT2D eigenvalue weighted by molar-refractivity contribution is -0.134. The van der Waals surface area contributed by atoms with Crippen LogP contribution in [-0.2, 0) is 9.53 Å². The van der Waals surface area contributed by atoms with Crippen LogP contribution in [0.4, 0.5) is 0 Å². The summed E-state index contributed by atoms with van der Waals surface area (Å²) in [6, 6.07) is 0. The molecular weight excluding hydrogens is 242 g/mol. The van der Waals surface area contributed by atoms with Crippen LogP contribution in [0.5, 0.6) is 0 Å². The minimum Gasteiger partial charge on any atom is -0.366 e. The Hall–Kier alpha value is -0.650. The van der Waals surface area contributed by atoms with Crippen molar-refractivity contribution in [1.29, 1.82) is 0 Å². The van der Waals surface area contributed by atoms with Crippen molar-refractivity contribution in [2.24, 2.45) is 11.3 Å². The molecule has 2 saturated heterocycles. The lowest BCUT2D eigenvalue weighted by Gasteiger charge is -2.32. The number of ether oxygens (including phenoxy) is 1. The van der Waals surface area contributed by atoms with Crippen molar-refractivity contribution in [1.82, 2.24) is 15.5 Å². The van der Waals surface area contributed by atoms with Gasteiger partial charge in [-0.15, -0.1) is 0 Å². The summed E-state index contributed by atoms with van der Waals surface area (Å²) in [4.78, 5) is 14.4. The van der Waals surface area contributed by atoms with Crippen LogP contribution in [0.25, 0.3) is 0 Å². The largest absolute Gasteiger partial charge is 0.366 e. The number of hydrogen-bond donors (Lipinski definition) is 2. The van der Waals surface area contributed by atoms with Gasteiger partial charge in [0.05, 0.1) is 6.61 Å². The molecule has 5 heteroatoms. The van der Waals surface area contributed by atoms with Crippen LogP contribution in [0.15, 0.2) is 0 Å². The number of carbonyl (C=O) groups is 1. The zero-order valence-electron chi connectivity index (χ0n) is 12.4. The molecular formula is C14H27N3O2. The summed E-state index contributed by atoms with van der Waals surface area (Å²) in [6.07, 6.45) is 0.900. The Morgan fingerprint density at radius 3 is 2.89 bits per heavy atom. The number of nitrogens with one attached hydrogen (secondary N) is 2. The Morgan fingerprint density at radius 2 is 2.32 bits per heavy atom. The fourth-order valence-electron chi connectivity index (χ4n) is 2.88. The van der Waals surface area contributed by atoms with Gasteiger partial charge >= 0.3 is 0 Å². The van der Waals surface area contributed by atoms with Crippen molar-refractivity contribution in [3.63, 3.8) is 0 Å². The molecule has 2 aliphatic rings. The Labute approximate surface area is 116 Å². The smallest absolute Gasteiger partial charge is 0.250 e. The third kappa shape index (κ3) is 3.91. The molecule has 0 spiro atoms. The molecule has 2 fully saturated rings. The number of amides is 1. The number of likely N-dealkylation sites (tertiary alicyclic amines) is 1. The van der Waals surface area contributed by atoms with Gasteiger partial charge in [-0.05, 0) is 31.3 Å². The highest BCUT2D eigenvalue weighted by atomic mass is 16.5. The zero-order valence-corrected chi connectivity index (χ0v) is 12.4. The van der Waals surface area contributed by atoms with Gasteiger partial charge in [-0.2, -0.15) is 0 Å². The monoisotopic (exact) mass is 269 g/mol. The Bertz CT molecular complexity index is 314. The number of carbonyl (C=O) groups excluding carboxylic acids is 1. The van der Waals surface area contributed by atoms with E-state index in [9.17, 15) is 4.79 Å². The first-order valence-corrected chi connectivity index (χ1v) is 7.27. The van der Waals surface area contributed by atoms with E-state index >= 15 is 0 Å². The van der Waals surface area contributed by atoms with Crippen LogP contribution < -0.4 is 10.6 Å². The minimum absolute atomic E-state index is 0.0200. The molecule has 2 aliphatic heterocycles. The minimum atomic E-state index is -0.323. The fourth-order valence-corrected chi connectivity index (χ4v) is 2.88. The van der Waals surface area contributed by atoms with Crippen LogP contribution in [0.2, 0.25) is 0 Å². The van der Waals surface area contributed by atoms with Gasteiger partial charge in [-0.1, -0.05) is 13.8 Å². The zero-order chi connectivity index (χ0) is 13.9. The van der Waals surface area contributed by atoms with E-state index in [-0.39, 0.29) is 17.4 Å². The number of rotatable bonds is 4. The maximum absolute atomic E-state index is 12.0.